The first-order valence-electron chi connectivity index (χ1n) is 8.56. The summed E-state index contributed by atoms with van der Waals surface area (Å²) in [7, 11) is 0. The van der Waals surface area contributed by atoms with Crippen LogP contribution in [0.5, 0.6) is 11.5 Å². The zero-order valence-corrected chi connectivity index (χ0v) is 16.4. The molecule has 1 aliphatic heterocycles. The highest BCUT2D eigenvalue weighted by molar-refractivity contribution is 8.26. The van der Waals surface area contributed by atoms with Crippen LogP contribution in [0.2, 0.25) is 0 Å². The van der Waals surface area contributed by atoms with E-state index in [1.807, 2.05) is 0 Å². The van der Waals surface area contributed by atoms with Gasteiger partial charge in [-0.1, -0.05) is 42.2 Å². The summed E-state index contributed by atoms with van der Waals surface area (Å²) in [4.78, 5) is 26.5. The summed E-state index contributed by atoms with van der Waals surface area (Å²) < 4.78 is 0.436. The summed E-state index contributed by atoms with van der Waals surface area (Å²) in [5.74, 6) is -0.180. The SMILES string of the molecule is O=C(CCCN1C(=O)/C(=C/c2ccccc2O)SC1=S)Nc1ccc(O)cc1. The predicted molar refractivity (Wildman–Crippen MR) is 114 cm³/mol. The van der Waals surface area contributed by atoms with Crippen molar-refractivity contribution in [3.05, 3.63) is 59.0 Å². The Hall–Kier alpha value is -2.84. The number of hydrogen-bond acceptors (Lipinski definition) is 6. The molecular weight excluding hydrogens is 396 g/mol. The van der Waals surface area contributed by atoms with Crippen molar-refractivity contribution in [2.45, 2.75) is 12.8 Å². The highest BCUT2D eigenvalue weighted by Crippen LogP contribution is 2.34. The number of amides is 2. The second-order valence-electron chi connectivity index (χ2n) is 6.09. The van der Waals surface area contributed by atoms with E-state index in [9.17, 15) is 19.8 Å². The first-order chi connectivity index (χ1) is 13.4. The summed E-state index contributed by atoms with van der Waals surface area (Å²) in [6.45, 7) is 0.339. The number of nitrogens with one attached hydrogen (secondary N) is 1. The molecule has 0 saturated carbocycles. The molecule has 1 fully saturated rings. The van der Waals surface area contributed by atoms with Crippen molar-refractivity contribution in [3.8, 4) is 11.5 Å². The van der Waals surface area contributed by atoms with Gasteiger partial charge >= 0.3 is 0 Å². The van der Waals surface area contributed by atoms with Gasteiger partial charge in [-0.3, -0.25) is 14.5 Å². The number of para-hydroxylation sites is 1. The Kier molecular flexibility index (Phi) is 6.33. The number of carbonyl (C=O) groups excluding carboxylic acids is 2. The van der Waals surface area contributed by atoms with Crippen LogP contribution in [0.1, 0.15) is 18.4 Å². The third-order valence-electron chi connectivity index (χ3n) is 4.03. The van der Waals surface area contributed by atoms with E-state index >= 15 is 0 Å². The van der Waals surface area contributed by atoms with Gasteiger partial charge in [0.05, 0.1) is 4.91 Å². The van der Waals surface area contributed by atoms with Crippen molar-refractivity contribution in [1.29, 1.82) is 0 Å². The minimum atomic E-state index is -0.225. The van der Waals surface area contributed by atoms with Gasteiger partial charge < -0.3 is 15.5 Å². The number of hydrogen-bond donors (Lipinski definition) is 3. The molecule has 3 N–H and O–H groups in total. The van der Waals surface area contributed by atoms with Gasteiger partial charge in [0.1, 0.15) is 15.8 Å². The molecule has 0 spiro atoms. The Labute approximate surface area is 171 Å². The van der Waals surface area contributed by atoms with Gasteiger partial charge in [-0.25, -0.2) is 0 Å². The molecule has 2 amide bonds. The van der Waals surface area contributed by atoms with Crippen LogP contribution in [0, 0.1) is 0 Å². The van der Waals surface area contributed by atoms with E-state index in [-0.39, 0.29) is 29.7 Å². The van der Waals surface area contributed by atoms with Gasteiger partial charge in [-0.2, -0.15) is 0 Å². The average molecular weight is 415 g/mol. The molecule has 2 aromatic rings. The van der Waals surface area contributed by atoms with Crippen molar-refractivity contribution in [3.63, 3.8) is 0 Å². The molecule has 1 heterocycles. The quantitative estimate of drug-likeness (QED) is 0.379. The van der Waals surface area contributed by atoms with Crippen LogP contribution in [0.15, 0.2) is 53.4 Å². The number of anilines is 1. The standard InChI is InChI=1S/C20H18N2O4S2/c23-15-9-7-14(8-10-15)21-18(25)6-3-11-22-19(26)17(28-20(22)27)12-13-4-1-2-5-16(13)24/h1-2,4-5,7-10,12,23-24H,3,6,11H2,(H,21,25)/b17-12-. The fourth-order valence-corrected chi connectivity index (χ4v) is 3.91. The van der Waals surface area contributed by atoms with Crippen LogP contribution in [-0.4, -0.2) is 37.8 Å². The number of benzene rings is 2. The second-order valence-corrected chi connectivity index (χ2v) is 7.77. The van der Waals surface area contributed by atoms with Crippen LogP contribution in [0.25, 0.3) is 6.08 Å². The minimum Gasteiger partial charge on any atom is -0.508 e. The van der Waals surface area contributed by atoms with E-state index in [4.69, 9.17) is 12.2 Å². The van der Waals surface area contributed by atoms with Crippen LogP contribution in [0.3, 0.4) is 0 Å². The lowest BCUT2D eigenvalue weighted by molar-refractivity contribution is -0.122. The molecule has 6 nitrogen and oxygen atoms in total. The second kappa shape index (κ2) is 8.90. The minimum absolute atomic E-state index is 0.0960. The Morgan fingerprint density at radius 3 is 2.57 bits per heavy atom. The Balaban J connectivity index is 1.54. The number of phenolic OH excluding ortho intramolecular Hbond substituents is 2. The summed E-state index contributed by atoms with van der Waals surface area (Å²) in [6.07, 6.45) is 2.31. The van der Waals surface area contributed by atoms with Crippen molar-refractivity contribution in [2.75, 3.05) is 11.9 Å². The lowest BCUT2D eigenvalue weighted by atomic mass is 10.2. The first kappa shape index (κ1) is 19.9. The van der Waals surface area contributed by atoms with Crippen molar-refractivity contribution >= 4 is 51.9 Å². The molecule has 2 aromatic carbocycles. The topological polar surface area (TPSA) is 89.9 Å². The molecule has 0 unspecified atom stereocenters. The van der Waals surface area contributed by atoms with Gasteiger partial charge in [-0.05, 0) is 42.8 Å². The van der Waals surface area contributed by atoms with Crippen molar-refractivity contribution in [1.82, 2.24) is 4.90 Å². The van der Waals surface area contributed by atoms with Gasteiger partial charge in [0.25, 0.3) is 5.91 Å². The molecule has 1 aliphatic rings. The summed E-state index contributed by atoms with van der Waals surface area (Å²) in [5.41, 5.74) is 1.15. The van der Waals surface area contributed by atoms with Gasteiger partial charge in [-0.15, -0.1) is 0 Å². The largest absolute Gasteiger partial charge is 0.508 e. The molecule has 8 heteroatoms. The third kappa shape index (κ3) is 4.90. The average Bonchev–Trinajstić information content (AvgIpc) is 2.93. The van der Waals surface area contributed by atoms with Crippen molar-refractivity contribution in [2.24, 2.45) is 0 Å². The Morgan fingerprint density at radius 1 is 1.14 bits per heavy atom. The molecule has 144 valence electrons. The molecule has 0 aliphatic carbocycles. The smallest absolute Gasteiger partial charge is 0.266 e. The molecule has 3 rings (SSSR count). The number of carbonyl (C=O) groups is 2. The van der Waals surface area contributed by atoms with E-state index in [1.54, 1.807) is 42.5 Å². The maximum atomic E-state index is 12.6. The van der Waals surface area contributed by atoms with E-state index in [1.165, 1.54) is 28.8 Å². The predicted octanol–water partition coefficient (Wildman–Crippen LogP) is 3.72. The first-order valence-corrected chi connectivity index (χ1v) is 9.79. The maximum absolute atomic E-state index is 12.6. The molecule has 0 atom stereocenters. The van der Waals surface area contributed by atoms with Crippen LogP contribution in [-0.2, 0) is 9.59 Å². The number of rotatable bonds is 6. The van der Waals surface area contributed by atoms with Gasteiger partial charge in [0.15, 0.2) is 0 Å². The number of phenols is 2. The number of nitrogens with zero attached hydrogens (tertiary/aromatic N) is 1. The lowest BCUT2D eigenvalue weighted by Gasteiger charge is -2.14. The zero-order valence-electron chi connectivity index (χ0n) is 14.8. The van der Waals surface area contributed by atoms with Gasteiger partial charge in [0, 0.05) is 24.2 Å². The molecule has 28 heavy (non-hydrogen) atoms. The Morgan fingerprint density at radius 2 is 1.86 bits per heavy atom. The number of thioether (sulfide) groups is 1. The normalized spacial score (nSPS) is 15.3. The van der Waals surface area contributed by atoms with E-state index in [2.05, 4.69) is 5.32 Å². The third-order valence-corrected chi connectivity index (χ3v) is 5.41. The molecule has 0 bridgehead atoms. The summed E-state index contributed by atoms with van der Waals surface area (Å²) in [5, 5.41) is 21.8. The summed E-state index contributed by atoms with van der Waals surface area (Å²) in [6, 6.07) is 13.0. The van der Waals surface area contributed by atoms with E-state index in [0.717, 1.165) is 0 Å². The Bertz CT molecular complexity index is 941. The highest BCUT2D eigenvalue weighted by Gasteiger charge is 2.31. The molecular formula is C20H18N2O4S2. The highest BCUT2D eigenvalue weighted by atomic mass is 32.2. The van der Waals surface area contributed by atoms with Crippen LogP contribution >= 0.6 is 24.0 Å². The van der Waals surface area contributed by atoms with Crippen LogP contribution < -0.4 is 5.32 Å². The van der Waals surface area contributed by atoms with Gasteiger partial charge in [0.2, 0.25) is 5.91 Å². The maximum Gasteiger partial charge on any atom is 0.266 e. The van der Waals surface area contributed by atoms with Crippen LogP contribution in [0.4, 0.5) is 5.69 Å². The van der Waals surface area contributed by atoms with E-state index in [0.29, 0.717) is 33.4 Å². The summed E-state index contributed by atoms with van der Waals surface area (Å²) >= 11 is 6.46. The molecule has 0 aromatic heterocycles. The molecule has 1 saturated heterocycles. The van der Waals surface area contributed by atoms with Crippen molar-refractivity contribution < 1.29 is 19.8 Å². The lowest BCUT2D eigenvalue weighted by Crippen LogP contribution is -2.29. The zero-order chi connectivity index (χ0) is 20.1. The molecule has 0 radical (unpaired) electrons. The van der Waals surface area contributed by atoms with E-state index < -0.39 is 0 Å². The monoisotopic (exact) mass is 414 g/mol. The fourth-order valence-electron chi connectivity index (χ4n) is 2.61. The number of thiocarbonyl (C=S) groups is 1. The fraction of sp³-hybridized carbons (Fsp3) is 0.150. The number of aromatic hydroxyl groups is 2.